The van der Waals surface area contributed by atoms with Crippen LogP contribution in [-0.4, -0.2) is 48.0 Å². The second-order valence-corrected chi connectivity index (χ2v) is 6.06. The molecule has 110 valence electrons. The zero-order valence-corrected chi connectivity index (χ0v) is 12.9. The molecule has 0 spiro atoms. The minimum Gasteiger partial charge on any atom is -0.389 e. The van der Waals surface area contributed by atoms with E-state index in [-0.39, 0.29) is 10.8 Å². The van der Waals surface area contributed by atoms with Gasteiger partial charge in [-0.1, -0.05) is 18.3 Å². The Morgan fingerprint density at radius 2 is 2.10 bits per heavy atom. The molecule has 1 aromatic rings. The van der Waals surface area contributed by atoms with Crippen molar-refractivity contribution in [3.8, 4) is 0 Å². The van der Waals surface area contributed by atoms with E-state index in [1.807, 2.05) is 0 Å². The van der Waals surface area contributed by atoms with Crippen molar-refractivity contribution >= 4 is 17.2 Å². The number of nitrogens with zero attached hydrogens (tertiary/aromatic N) is 2. The van der Waals surface area contributed by atoms with Gasteiger partial charge in [0.15, 0.2) is 0 Å². The van der Waals surface area contributed by atoms with Crippen molar-refractivity contribution in [2.45, 2.75) is 25.4 Å². The Bertz CT molecular complexity index is 484. The van der Waals surface area contributed by atoms with Crippen LogP contribution in [0.3, 0.4) is 0 Å². The highest BCUT2D eigenvalue weighted by Crippen LogP contribution is 2.19. The molecule has 0 saturated carbocycles. The first-order valence-electron chi connectivity index (χ1n) is 6.94. The van der Waals surface area contributed by atoms with Crippen molar-refractivity contribution in [2.24, 2.45) is 5.73 Å². The van der Waals surface area contributed by atoms with E-state index in [2.05, 4.69) is 23.9 Å². The number of rotatable bonds is 4. The molecule has 20 heavy (non-hydrogen) atoms. The van der Waals surface area contributed by atoms with Gasteiger partial charge in [-0.2, -0.15) is 0 Å². The van der Waals surface area contributed by atoms with Gasteiger partial charge in [-0.05, 0) is 57.7 Å². The van der Waals surface area contributed by atoms with Crippen molar-refractivity contribution < 1.29 is 4.39 Å². The maximum Gasteiger partial charge on any atom is 0.123 e. The fourth-order valence-electron chi connectivity index (χ4n) is 2.75. The zero-order chi connectivity index (χ0) is 14.7. The summed E-state index contributed by atoms with van der Waals surface area (Å²) in [7, 11) is 4.27. The highest BCUT2D eigenvalue weighted by Gasteiger charge is 2.21. The molecule has 2 rings (SSSR count). The summed E-state index contributed by atoms with van der Waals surface area (Å²) in [6, 6.07) is 5.25. The summed E-state index contributed by atoms with van der Waals surface area (Å²) in [6.07, 6.45) is 2.33. The average molecular weight is 295 g/mol. The second-order valence-electron chi connectivity index (χ2n) is 5.62. The van der Waals surface area contributed by atoms with E-state index < -0.39 is 0 Å². The van der Waals surface area contributed by atoms with Crippen LogP contribution in [0.15, 0.2) is 18.2 Å². The molecule has 0 aliphatic carbocycles. The van der Waals surface area contributed by atoms with Gasteiger partial charge in [-0.25, -0.2) is 4.39 Å². The number of thiocarbonyl (C=S) groups is 1. The standard InChI is InChI=1S/C15H22FN3S/c1-18-7-5-13(6-8-18)19(2)10-11-3-4-12(16)9-14(11)15(17)20/h3-4,9,13H,5-8,10H2,1-2H3,(H2,17,20). The highest BCUT2D eigenvalue weighted by atomic mass is 32.1. The number of halogens is 1. The third kappa shape index (κ3) is 3.75. The minimum absolute atomic E-state index is 0.260. The normalized spacial score (nSPS) is 17.6. The Morgan fingerprint density at radius 3 is 2.70 bits per heavy atom. The average Bonchev–Trinajstić information content (AvgIpc) is 2.41. The molecule has 1 aromatic carbocycles. The van der Waals surface area contributed by atoms with E-state index in [1.165, 1.54) is 12.1 Å². The first-order chi connectivity index (χ1) is 9.47. The summed E-state index contributed by atoms with van der Waals surface area (Å²) in [5.41, 5.74) is 7.35. The zero-order valence-electron chi connectivity index (χ0n) is 12.1. The molecule has 0 bridgehead atoms. The van der Waals surface area contributed by atoms with Gasteiger partial charge < -0.3 is 10.6 Å². The number of hydrogen-bond acceptors (Lipinski definition) is 3. The van der Waals surface area contributed by atoms with Crippen molar-refractivity contribution in [3.05, 3.63) is 35.1 Å². The Morgan fingerprint density at radius 1 is 1.45 bits per heavy atom. The predicted octanol–water partition coefficient (Wildman–Crippen LogP) is 1.99. The molecule has 0 aromatic heterocycles. The van der Waals surface area contributed by atoms with Gasteiger partial charge in [0, 0.05) is 18.2 Å². The Hall–Kier alpha value is -1.04. The smallest absolute Gasteiger partial charge is 0.123 e. The van der Waals surface area contributed by atoms with Crippen molar-refractivity contribution in [1.82, 2.24) is 9.80 Å². The lowest BCUT2D eigenvalue weighted by Gasteiger charge is -2.35. The van der Waals surface area contributed by atoms with E-state index >= 15 is 0 Å². The molecule has 0 atom stereocenters. The van der Waals surface area contributed by atoms with E-state index in [0.717, 1.165) is 38.0 Å². The van der Waals surface area contributed by atoms with Crippen LogP contribution in [0.5, 0.6) is 0 Å². The summed E-state index contributed by atoms with van der Waals surface area (Å²) < 4.78 is 13.3. The highest BCUT2D eigenvalue weighted by molar-refractivity contribution is 7.80. The number of likely N-dealkylation sites (tertiary alicyclic amines) is 1. The third-order valence-electron chi connectivity index (χ3n) is 4.07. The lowest BCUT2D eigenvalue weighted by atomic mass is 10.0. The SMILES string of the molecule is CN1CCC(N(C)Cc2ccc(F)cc2C(N)=S)CC1. The summed E-state index contributed by atoms with van der Waals surface area (Å²) in [5, 5.41) is 0. The van der Waals surface area contributed by atoms with Gasteiger partial charge in [0.1, 0.15) is 10.8 Å². The fraction of sp³-hybridized carbons (Fsp3) is 0.533. The fourth-order valence-corrected chi connectivity index (χ4v) is 2.94. The van der Waals surface area contributed by atoms with Gasteiger partial charge in [0.2, 0.25) is 0 Å². The van der Waals surface area contributed by atoms with Crippen LogP contribution < -0.4 is 5.73 Å². The molecule has 2 N–H and O–H groups in total. The van der Waals surface area contributed by atoms with Crippen LogP contribution in [0, 0.1) is 5.82 Å². The number of piperidine rings is 1. The first-order valence-corrected chi connectivity index (χ1v) is 7.35. The molecular weight excluding hydrogens is 273 g/mol. The van der Waals surface area contributed by atoms with Crippen molar-refractivity contribution in [1.29, 1.82) is 0 Å². The number of benzene rings is 1. The van der Waals surface area contributed by atoms with E-state index in [0.29, 0.717) is 11.6 Å². The van der Waals surface area contributed by atoms with Crippen LogP contribution in [0.1, 0.15) is 24.0 Å². The molecule has 1 aliphatic rings. The van der Waals surface area contributed by atoms with Gasteiger partial charge >= 0.3 is 0 Å². The molecule has 1 saturated heterocycles. The third-order valence-corrected chi connectivity index (χ3v) is 4.29. The molecule has 1 fully saturated rings. The Labute approximate surface area is 125 Å². The molecule has 5 heteroatoms. The molecule has 0 unspecified atom stereocenters. The quantitative estimate of drug-likeness (QED) is 0.861. The lowest BCUT2D eigenvalue weighted by molar-refractivity contribution is 0.139. The largest absolute Gasteiger partial charge is 0.389 e. The summed E-state index contributed by atoms with van der Waals surface area (Å²) in [5.74, 6) is -0.293. The topological polar surface area (TPSA) is 32.5 Å². The van der Waals surface area contributed by atoms with Crippen LogP contribution in [0.4, 0.5) is 4.39 Å². The summed E-state index contributed by atoms with van der Waals surface area (Å²) in [6.45, 7) is 3.00. The van der Waals surface area contributed by atoms with Gasteiger partial charge in [-0.3, -0.25) is 4.90 Å². The van der Waals surface area contributed by atoms with Crippen LogP contribution in [-0.2, 0) is 6.54 Å². The lowest BCUT2D eigenvalue weighted by Crippen LogP contribution is -2.41. The minimum atomic E-state index is -0.293. The maximum atomic E-state index is 13.3. The predicted molar refractivity (Wildman–Crippen MR) is 84.3 cm³/mol. The van der Waals surface area contributed by atoms with E-state index in [4.69, 9.17) is 18.0 Å². The van der Waals surface area contributed by atoms with Crippen molar-refractivity contribution in [3.63, 3.8) is 0 Å². The molecule has 3 nitrogen and oxygen atoms in total. The molecule has 0 radical (unpaired) electrons. The number of hydrogen-bond donors (Lipinski definition) is 1. The molecule has 1 heterocycles. The summed E-state index contributed by atoms with van der Waals surface area (Å²) >= 11 is 5.02. The van der Waals surface area contributed by atoms with Gasteiger partial charge in [-0.15, -0.1) is 0 Å². The Kier molecular flexibility index (Phi) is 5.07. The van der Waals surface area contributed by atoms with Crippen molar-refractivity contribution in [2.75, 3.05) is 27.2 Å². The van der Waals surface area contributed by atoms with Crippen LogP contribution in [0.2, 0.25) is 0 Å². The summed E-state index contributed by atoms with van der Waals surface area (Å²) in [4.78, 5) is 4.93. The monoisotopic (exact) mass is 295 g/mol. The number of nitrogens with two attached hydrogens (primary N) is 1. The maximum absolute atomic E-state index is 13.3. The van der Waals surface area contributed by atoms with E-state index in [9.17, 15) is 4.39 Å². The molecule has 1 aliphatic heterocycles. The van der Waals surface area contributed by atoms with Gasteiger partial charge in [0.05, 0.1) is 0 Å². The van der Waals surface area contributed by atoms with Crippen LogP contribution >= 0.6 is 12.2 Å². The molecule has 0 amide bonds. The van der Waals surface area contributed by atoms with E-state index in [1.54, 1.807) is 6.07 Å². The Balaban J connectivity index is 2.07. The molecular formula is C15H22FN3S. The van der Waals surface area contributed by atoms with Gasteiger partial charge in [0.25, 0.3) is 0 Å². The second kappa shape index (κ2) is 6.61. The first kappa shape index (κ1) is 15.4. The van der Waals surface area contributed by atoms with Crippen LogP contribution in [0.25, 0.3) is 0 Å².